The van der Waals surface area contributed by atoms with Crippen molar-refractivity contribution in [3.8, 4) is 0 Å². The largest absolute Gasteiger partial charge is 0.480 e. The second-order valence-corrected chi connectivity index (χ2v) is 4.81. The van der Waals surface area contributed by atoms with E-state index in [1.807, 2.05) is 0 Å². The van der Waals surface area contributed by atoms with Gasteiger partial charge >= 0.3 is 5.97 Å². The first-order chi connectivity index (χ1) is 8.49. The van der Waals surface area contributed by atoms with Crippen LogP contribution in [0.5, 0.6) is 0 Å². The van der Waals surface area contributed by atoms with Crippen LogP contribution in [-0.4, -0.2) is 23.0 Å². The second kappa shape index (κ2) is 4.84. The van der Waals surface area contributed by atoms with Crippen molar-refractivity contribution < 1.29 is 19.1 Å². The number of carboxylic acid groups (broad SMARTS) is 1. The molecule has 1 heterocycles. The number of hydrogen-bond donors (Lipinski definition) is 2. The quantitative estimate of drug-likeness (QED) is 0.856. The Morgan fingerprint density at radius 1 is 1.44 bits per heavy atom. The van der Waals surface area contributed by atoms with E-state index in [2.05, 4.69) is 5.32 Å². The number of aliphatic carboxylic acids is 1. The lowest BCUT2D eigenvalue weighted by molar-refractivity contribution is -0.141. The van der Waals surface area contributed by atoms with Gasteiger partial charge < -0.3 is 14.8 Å². The van der Waals surface area contributed by atoms with Crippen molar-refractivity contribution in [3.63, 3.8) is 0 Å². The summed E-state index contributed by atoms with van der Waals surface area (Å²) in [6, 6.07) is 0.838. The van der Waals surface area contributed by atoms with Crippen LogP contribution < -0.4 is 5.32 Å². The first-order valence-electron chi connectivity index (χ1n) is 6.09. The highest BCUT2D eigenvalue weighted by molar-refractivity contribution is 5.97. The van der Waals surface area contributed by atoms with Crippen molar-refractivity contribution in [3.05, 3.63) is 23.2 Å². The Kier molecular flexibility index (Phi) is 3.41. The van der Waals surface area contributed by atoms with Crippen LogP contribution in [0.1, 0.15) is 41.1 Å². The molecular formula is C13H17NO4. The average Bonchev–Trinajstić information content (AvgIpc) is 2.54. The molecule has 0 aromatic carbocycles. The average molecular weight is 251 g/mol. The Labute approximate surface area is 105 Å². The maximum atomic E-state index is 12.0. The molecule has 18 heavy (non-hydrogen) atoms. The van der Waals surface area contributed by atoms with Gasteiger partial charge in [0.25, 0.3) is 5.91 Å². The van der Waals surface area contributed by atoms with Gasteiger partial charge in [-0.25, -0.2) is 4.79 Å². The van der Waals surface area contributed by atoms with Crippen LogP contribution in [0.4, 0.5) is 0 Å². The lowest BCUT2D eigenvalue weighted by Crippen LogP contribution is -2.48. The van der Waals surface area contributed by atoms with E-state index in [0.29, 0.717) is 17.1 Å². The zero-order valence-corrected chi connectivity index (χ0v) is 10.5. The normalized spacial score (nSPS) is 17.0. The molecule has 5 nitrogen and oxygen atoms in total. The molecule has 1 aliphatic carbocycles. The molecule has 2 rings (SSSR count). The minimum absolute atomic E-state index is 0.0553. The molecule has 1 saturated carbocycles. The smallest absolute Gasteiger partial charge is 0.326 e. The fourth-order valence-electron chi connectivity index (χ4n) is 2.23. The summed E-state index contributed by atoms with van der Waals surface area (Å²) in [7, 11) is 0. The van der Waals surface area contributed by atoms with E-state index in [1.54, 1.807) is 19.9 Å². The molecule has 5 heteroatoms. The monoisotopic (exact) mass is 251 g/mol. The van der Waals surface area contributed by atoms with E-state index < -0.39 is 12.0 Å². The van der Waals surface area contributed by atoms with E-state index in [1.165, 1.54) is 0 Å². The van der Waals surface area contributed by atoms with Gasteiger partial charge in [-0.1, -0.05) is 6.42 Å². The molecule has 0 radical (unpaired) electrons. The molecule has 1 fully saturated rings. The highest BCUT2D eigenvalue weighted by atomic mass is 16.4. The van der Waals surface area contributed by atoms with Gasteiger partial charge in [-0.15, -0.1) is 0 Å². The van der Waals surface area contributed by atoms with E-state index in [4.69, 9.17) is 9.52 Å². The maximum absolute atomic E-state index is 12.0. The zero-order valence-electron chi connectivity index (χ0n) is 10.5. The Morgan fingerprint density at radius 3 is 2.50 bits per heavy atom. The van der Waals surface area contributed by atoms with Crippen molar-refractivity contribution in [1.82, 2.24) is 5.32 Å². The van der Waals surface area contributed by atoms with Gasteiger partial charge in [0, 0.05) is 0 Å². The Balaban J connectivity index is 2.09. The molecule has 1 aromatic rings. The number of furan rings is 1. The summed E-state index contributed by atoms with van der Waals surface area (Å²) in [4.78, 5) is 23.2. The van der Waals surface area contributed by atoms with Gasteiger partial charge in [0.2, 0.25) is 0 Å². The highest BCUT2D eigenvalue weighted by Gasteiger charge is 2.34. The van der Waals surface area contributed by atoms with Crippen LogP contribution in [0.15, 0.2) is 10.5 Å². The zero-order chi connectivity index (χ0) is 13.3. The molecular weight excluding hydrogens is 234 g/mol. The van der Waals surface area contributed by atoms with Crippen molar-refractivity contribution in [2.24, 2.45) is 5.92 Å². The van der Waals surface area contributed by atoms with Crippen LogP contribution in [0, 0.1) is 19.8 Å². The fraction of sp³-hybridized carbons (Fsp3) is 0.538. The number of amides is 1. The fourth-order valence-corrected chi connectivity index (χ4v) is 2.23. The standard InChI is InChI=1S/C13H17NO4/c1-7-6-10(8(2)18-7)12(15)14-11(13(16)17)9-4-3-5-9/h6,9,11H,3-5H2,1-2H3,(H,14,15)(H,16,17). The van der Waals surface area contributed by atoms with E-state index in [0.717, 1.165) is 19.3 Å². The van der Waals surface area contributed by atoms with Gasteiger partial charge in [-0.3, -0.25) is 4.79 Å². The number of carbonyl (C=O) groups is 2. The molecule has 0 bridgehead atoms. The number of aryl methyl sites for hydroxylation is 2. The first kappa shape index (κ1) is 12.7. The number of nitrogens with one attached hydrogen (secondary N) is 1. The predicted octanol–water partition coefficient (Wildman–Crippen LogP) is 1.88. The molecule has 1 unspecified atom stereocenters. The lowest BCUT2D eigenvalue weighted by atomic mass is 9.79. The molecule has 0 aliphatic heterocycles. The van der Waals surface area contributed by atoms with Gasteiger partial charge in [0.15, 0.2) is 0 Å². The van der Waals surface area contributed by atoms with Gasteiger partial charge in [0.05, 0.1) is 5.56 Å². The summed E-state index contributed by atoms with van der Waals surface area (Å²) in [6.45, 7) is 3.45. The number of carbonyl (C=O) groups excluding carboxylic acids is 1. The Hall–Kier alpha value is -1.78. The minimum atomic E-state index is -0.967. The number of carboxylic acids is 1. The number of hydrogen-bond acceptors (Lipinski definition) is 3. The molecule has 0 spiro atoms. The van der Waals surface area contributed by atoms with Crippen molar-refractivity contribution in [1.29, 1.82) is 0 Å². The van der Waals surface area contributed by atoms with Crippen molar-refractivity contribution >= 4 is 11.9 Å². The summed E-state index contributed by atoms with van der Waals surface area (Å²) in [5.74, 6) is -0.120. The summed E-state index contributed by atoms with van der Waals surface area (Å²) in [5.41, 5.74) is 0.415. The SMILES string of the molecule is Cc1cc(C(=O)NC(C(=O)O)C2CCC2)c(C)o1. The van der Waals surface area contributed by atoms with Gasteiger partial charge in [-0.2, -0.15) is 0 Å². The second-order valence-electron chi connectivity index (χ2n) is 4.81. The summed E-state index contributed by atoms with van der Waals surface area (Å²) >= 11 is 0. The van der Waals surface area contributed by atoms with Crippen LogP contribution in [0.25, 0.3) is 0 Å². The third-order valence-electron chi connectivity index (χ3n) is 3.46. The lowest BCUT2D eigenvalue weighted by Gasteiger charge is -2.31. The topological polar surface area (TPSA) is 79.5 Å². The third kappa shape index (κ3) is 2.39. The maximum Gasteiger partial charge on any atom is 0.326 e. The minimum Gasteiger partial charge on any atom is -0.480 e. The molecule has 1 atom stereocenters. The molecule has 2 N–H and O–H groups in total. The third-order valence-corrected chi connectivity index (χ3v) is 3.46. The van der Waals surface area contributed by atoms with E-state index in [9.17, 15) is 9.59 Å². The molecule has 1 amide bonds. The van der Waals surface area contributed by atoms with Crippen LogP contribution in [0.2, 0.25) is 0 Å². The summed E-state index contributed by atoms with van der Waals surface area (Å²) in [6.07, 6.45) is 2.76. The van der Waals surface area contributed by atoms with Crippen LogP contribution >= 0.6 is 0 Å². The van der Waals surface area contributed by atoms with Gasteiger partial charge in [-0.05, 0) is 38.7 Å². The molecule has 0 saturated heterocycles. The molecule has 1 aromatic heterocycles. The summed E-state index contributed by atoms with van der Waals surface area (Å²) < 4.78 is 5.27. The van der Waals surface area contributed by atoms with Gasteiger partial charge in [0.1, 0.15) is 17.6 Å². The molecule has 1 aliphatic rings. The van der Waals surface area contributed by atoms with Crippen molar-refractivity contribution in [2.75, 3.05) is 0 Å². The van der Waals surface area contributed by atoms with E-state index in [-0.39, 0.29) is 11.8 Å². The first-order valence-corrected chi connectivity index (χ1v) is 6.09. The van der Waals surface area contributed by atoms with Crippen LogP contribution in [-0.2, 0) is 4.79 Å². The van der Waals surface area contributed by atoms with E-state index >= 15 is 0 Å². The predicted molar refractivity (Wildman–Crippen MR) is 64.4 cm³/mol. The van der Waals surface area contributed by atoms with Crippen LogP contribution in [0.3, 0.4) is 0 Å². The highest BCUT2D eigenvalue weighted by Crippen LogP contribution is 2.30. The Morgan fingerprint density at radius 2 is 2.11 bits per heavy atom. The Bertz CT molecular complexity index is 473. The summed E-state index contributed by atoms with van der Waals surface area (Å²) in [5, 5.41) is 11.7. The molecule has 98 valence electrons. The number of rotatable bonds is 4. The van der Waals surface area contributed by atoms with Crippen molar-refractivity contribution in [2.45, 2.75) is 39.2 Å².